The molecule has 0 saturated carbocycles. The number of amides is 2. The number of halogens is 2. The van der Waals surface area contributed by atoms with Gasteiger partial charge < -0.3 is 9.88 Å². The van der Waals surface area contributed by atoms with Crippen LogP contribution < -0.4 is 16.2 Å². The summed E-state index contributed by atoms with van der Waals surface area (Å²) in [5, 5.41) is 11.1. The van der Waals surface area contributed by atoms with Gasteiger partial charge in [0, 0.05) is 30.2 Å². The third-order valence-corrected chi connectivity index (χ3v) is 4.57. The Labute approximate surface area is 169 Å². The number of hydrogen-bond acceptors (Lipinski definition) is 4. The molecule has 3 N–H and O–H groups in total. The Kier molecular flexibility index (Phi) is 6.53. The van der Waals surface area contributed by atoms with E-state index in [1.54, 1.807) is 10.0 Å². The van der Waals surface area contributed by atoms with E-state index in [2.05, 4.69) is 5.32 Å². The lowest BCUT2D eigenvalue weighted by molar-refractivity contribution is -0.129. The van der Waals surface area contributed by atoms with Crippen LogP contribution in [0.3, 0.4) is 0 Å². The summed E-state index contributed by atoms with van der Waals surface area (Å²) in [5.74, 6) is -2.29. The van der Waals surface area contributed by atoms with Gasteiger partial charge in [0.1, 0.15) is 17.2 Å². The van der Waals surface area contributed by atoms with Crippen LogP contribution in [-0.2, 0) is 11.3 Å². The van der Waals surface area contributed by atoms with Crippen molar-refractivity contribution in [2.24, 2.45) is 0 Å². The number of nitrogens with zero attached hydrogens (tertiary/aromatic N) is 1. The first-order valence-electron chi connectivity index (χ1n) is 9.21. The molecular weight excluding hydrogens is 396 g/mol. The average Bonchev–Trinajstić information content (AvgIpc) is 2.74. The SMILES string of the molecule is O=C(CCCCn1cc(C(=O)Nc2ccc(F)cc2)c(=O)c2cc(F)ccc21)NO. The van der Waals surface area contributed by atoms with Crippen molar-refractivity contribution >= 4 is 28.4 Å². The Bertz CT molecular complexity index is 1140. The lowest BCUT2D eigenvalue weighted by Crippen LogP contribution is -2.24. The number of aromatic nitrogens is 1. The van der Waals surface area contributed by atoms with E-state index < -0.39 is 28.9 Å². The summed E-state index contributed by atoms with van der Waals surface area (Å²) < 4.78 is 28.4. The smallest absolute Gasteiger partial charge is 0.261 e. The monoisotopic (exact) mass is 415 g/mol. The summed E-state index contributed by atoms with van der Waals surface area (Å²) in [6, 6.07) is 8.81. The van der Waals surface area contributed by atoms with Gasteiger partial charge in [0.15, 0.2) is 0 Å². The number of aryl methyl sites for hydroxylation is 1. The quantitative estimate of drug-likeness (QED) is 0.313. The number of anilines is 1. The topological polar surface area (TPSA) is 100 Å². The predicted octanol–water partition coefficient (Wildman–Crippen LogP) is 3.21. The van der Waals surface area contributed by atoms with E-state index in [4.69, 9.17) is 5.21 Å². The number of rotatable bonds is 7. The van der Waals surface area contributed by atoms with E-state index >= 15 is 0 Å². The fourth-order valence-corrected chi connectivity index (χ4v) is 3.07. The lowest BCUT2D eigenvalue weighted by atomic mass is 10.1. The van der Waals surface area contributed by atoms with Gasteiger partial charge in [0.25, 0.3) is 5.91 Å². The van der Waals surface area contributed by atoms with Crippen molar-refractivity contribution in [1.29, 1.82) is 0 Å². The van der Waals surface area contributed by atoms with Crippen LogP contribution in [-0.4, -0.2) is 21.6 Å². The molecule has 0 spiro atoms. The molecule has 0 aliphatic heterocycles. The molecule has 1 heterocycles. The van der Waals surface area contributed by atoms with E-state index in [9.17, 15) is 23.2 Å². The Morgan fingerprint density at radius 1 is 1.00 bits per heavy atom. The molecule has 0 bridgehead atoms. The molecule has 0 saturated heterocycles. The second kappa shape index (κ2) is 9.27. The van der Waals surface area contributed by atoms with E-state index in [0.717, 1.165) is 6.07 Å². The van der Waals surface area contributed by atoms with Crippen molar-refractivity contribution in [3.63, 3.8) is 0 Å². The van der Waals surface area contributed by atoms with E-state index in [0.29, 0.717) is 30.6 Å². The summed E-state index contributed by atoms with van der Waals surface area (Å²) in [6.45, 7) is 0.359. The number of pyridine rings is 1. The van der Waals surface area contributed by atoms with Gasteiger partial charge in [-0.3, -0.25) is 19.6 Å². The molecule has 0 fully saturated rings. The zero-order valence-electron chi connectivity index (χ0n) is 15.8. The molecule has 9 heteroatoms. The molecular formula is C21H19F2N3O4. The summed E-state index contributed by atoms with van der Waals surface area (Å²) in [4.78, 5) is 36.6. The fraction of sp³-hybridized carbons (Fsp3) is 0.190. The number of nitrogens with one attached hydrogen (secondary N) is 2. The summed E-state index contributed by atoms with van der Waals surface area (Å²) in [5.41, 5.74) is 1.50. The first kappa shape index (κ1) is 21.1. The van der Waals surface area contributed by atoms with Crippen molar-refractivity contribution in [1.82, 2.24) is 10.0 Å². The maximum absolute atomic E-state index is 13.7. The maximum atomic E-state index is 13.7. The molecule has 0 aliphatic carbocycles. The Hall–Kier alpha value is -3.59. The van der Waals surface area contributed by atoms with Crippen molar-refractivity contribution in [2.75, 3.05) is 5.32 Å². The fourth-order valence-electron chi connectivity index (χ4n) is 3.07. The van der Waals surface area contributed by atoms with Gasteiger partial charge in [-0.2, -0.15) is 0 Å². The predicted molar refractivity (Wildman–Crippen MR) is 106 cm³/mol. The number of hydrogen-bond donors (Lipinski definition) is 3. The molecule has 30 heavy (non-hydrogen) atoms. The van der Waals surface area contributed by atoms with Gasteiger partial charge in [-0.05, 0) is 55.3 Å². The minimum Gasteiger partial charge on any atom is -0.346 e. The van der Waals surface area contributed by atoms with E-state index in [-0.39, 0.29) is 17.4 Å². The van der Waals surface area contributed by atoms with Gasteiger partial charge in [-0.15, -0.1) is 0 Å². The van der Waals surface area contributed by atoms with Crippen molar-refractivity contribution in [3.8, 4) is 0 Å². The zero-order chi connectivity index (χ0) is 21.7. The number of benzene rings is 2. The third kappa shape index (κ3) is 4.87. The highest BCUT2D eigenvalue weighted by molar-refractivity contribution is 6.05. The molecule has 0 radical (unpaired) electrons. The number of fused-ring (bicyclic) bond motifs is 1. The highest BCUT2D eigenvalue weighted by atomic mass is 19.1. The molecule has 156 valence electrons. The minimum atomic E-state index is -0.703. The number of hydroxylamine groups is 1. The molecule has 2 aromatic carbocycles. The third-order valence-electron chi connectivity index (χ3n) is 4.57. The van der Waals surface area contributed by atoms with Gasteiger partial charge in [0.2, 0.25) is 11.3 Å². The Morgan fingerprint density at radius 3 is 2.40 bits per heavy atom. The molecule has 0 unspecified atom stereocenters. The van der Waals surface area contributed by atoms with Crippen LogP contribution in [0.15, 0.2) is 53.5 Å². The Morgan fingerprint density at radius 2 is 1.70 bits per heavy atom. The second-order valence-electron chi connectivity index (χ2n) is 6.68. The molecule has 2 amide bonds. The molecule has 1 aromatic heterocycles. The van der Waals surface area contributed by atoms with Crippen LogP contribution in [0, 0.1) is 11.6 Å². The molecule has 7 nitrogen and oxygen atoms in total. The van der Waals surface area contributed by atoms with Crippen LogP contribution in [0.25, 0.3) is 10.9 Å². The first-order chi connectivity index (χ1) is 14.4. The van der Waals surface area contributed by atoms with E-state index in [1.165, 1.54) is 42.6 Å². The van der Waals surface area contributed by atoms with Crippen LogP contribution in [0.1, 0.15) is 29.6 Å². The van der Waals surface area contributed by atoms with Gasteiger partial charge in [0.05, 0.1) is 5.52 Å². The van der Waals surface area contributed by atoms with Gasteiger partial charge >= 0.3 is 0 Å². The normalized spacial score (nSPS) is 10.8. The summed E-state index contributed by atoms with van der Waals surface area (Å²) in [7, 11) is 0. The first-order valence-corrected chi connectivity index (χ1v) is 9.21. The van der Waals surface area contributed by atoms with Crippen molar-refractivity contribution in [3.05, 3.63) is 76.1 Å². The average molecular weight is 415 g/mol. The lowest BCUT2D eigenvalue weighted by Gasteiger charge is -2.14. The van der Waals surface area contributed by atoms with Crippen LogP contribution in [0.2, 0.25) is 0 Å². The van der Waals surface area contributed by atoms with E-state index in [1.807, 2.05) is 0 Å². The summed E-state index contributed by atoms with van der Waals surface area (Å²) in [6.07, 6.45) is 2.47. The maximum Gasteiger partial charge on any atom is 0.261 e. The number of carbonyl (C=O) groups is 2. The van der Waals surface area contributed by atoms with Crippen molar-refractivity contribution < 1.29 is 23.6 Å². The molecule has 0 atom stereocenters. The standard InChI is InChI=1S/C21H19F2N3O4/c22-13-4-7-15(8-5-13)24-21(29)17-12-26(10-2-1-3-19(27)25-30)18-9-6-14(23)11-16(18)20(17)28/h4-9,11-12,30H,1-3,10H2,(H,24,29)(H,25,27). The number of unbranched alkanes of at least 4 members (excludes halogenated alkanes) is 1. The largest absolute Gasteiger partial charge is 0.346 e. The molecule has 3 aromatic rings. The highest BCUT2D eigenvalue weighted by Gasteiger charge is 2.16. The van der Waals surface area contributed by atoms with Gasteiger partial charge in [-0.25, -0.2) is 14.3 Å². The Balaban J connectivity index is 1.92. The second-order valence-corrected chi connectivity index (χ2v) is 6.68. The van der Waals surface area contributed by atoms with Crippen LogP contribution >= 0.6 is 0 Å². The van der Waals surface area contributed by atoms with Gasteiger partial charge in [-0.1, -0.05) is 0 Å². The highest BCUT2D eigenvalue weighted by Crippen LogP contribution is 2.16. The molecule has 3 rings (SSSR count). The summed E-state index contributed by atoms with van der Waals surface area (Å²) >= 11 is 0. The van der Waals surface area contributed by atoms with Crippen LogP contribution in [0.4, 0.5) is 14.5 Å². The molecule has 0 aliphatic rings. The minimum absolute atomic E-state index is 0.0508. The van der Waals surface area contributed by atoms with Crippen molar-refractivity contribution in [2.45, 2.75) is 25.8 Å². The zero-order valence-corrected chi connectivity index (χ0v) is 15.8. The number of carbonyl (C=O) groups excluding carboxylic acids is 2. The van der Waals surface area contributed by atoms with Crippen LogP contribution in [0.5, 0.6) is 0 Å².